The molecule has 0 aromatic carbocycles. The zero-order chi connectivity index (χ0) is 12.6. The van der Waals surface area contributed by atoms with Gasteiger partial charge in [-0.2, -0.15) is 0 Å². The maximum Gasteiger partial charge on any atom is 0.0749 e. The molecular formula is C14H31NO. The zero-order valence-electron chi connectivity index (χ0n) is 11.9. The van der Waals surface area contributed by atoms with Gasteiger partial charge in [-0.15, -0.1) is 0 Å². The Kier molecular flexibility index (Phi) is 8.04. The molecule has 2 unspecified atom stereocenters. The van der Waals surface area contributed by atoms with Crippen molar-refractivity contribution in [2.45, 2.75) is 78.9 Å². The lowest BCUT2D eigenvalue weighted by Crippen LogP contribution is -2.38. The molecule has 0 aliphatic heterocycles. The average molecular weight is 229 g/mol. The number of unbranched alkanes of at least 4 members (excludes halogenated alkanes) is 3. The van der Waals surface area contributed by atoms with Gasteiger partial charge in [0.25, 0.3) is 0 Å². The Morgan fingerprint density at radius 1 is 1.12 bits per heavy atom. The van der Waals surface area contributed by atoms with Crippen LogP contribution in [-0.2, 0) is 4.74 Å². The van der Waals surface area contributed by atoms with E-state index in [1.807, 2.05) is 0 Å². The van der Waals surface area contributed by atoms with Crippen molar-refractivity contribution in [3.05, 3.63) is 0 Å². The molecule has 0 heterocycles. The third-order valence-corrected chi connectivity index (χ3v) is 3.04. The fraction of sp³-hybridized carbons (Fsp3) is 1.00. The molecule has 98 valence electrons. The summed E-state index contributed by atoms with van der Waals surface area (Å²) < 4.78 is 6.02. The fourth-order valence-corrected chi connectivity index (χ4v) is 1.82. The van der Waals surface area contributed by atoms with Gasteiger partial charge in [0, 0.05) is 6.54 Å². The maximum atomic E-state index is 6.02. The van der Waals surface area contributed by atoms with Gasteiger partial charge < -0.3 is 10.5 Å². The quantitative estimate of drug-likeness (QED) is 0.644. The number of rotatable bonds is 8. The molecule has 0 aromatic heterocycles. The van der Waals surface area contributed by atoms with Crippen LogP contribution in [0.25, 0.3) is 0 Å². The van der Waals surface area contributed by atoms with E-state index in [1.54, 1.807) is 0 Å². The van der Waals surface area contributed by atoms with Gasteiger partial charge in [0.1, 0.15) is 0 Å². The van der Waals surface area contributed by atoms with Crippen molar-refractivity contribution in [3.8, 4) is 0 Å². The van der Waals surface area contributed by atoms with Gasteiger partial charge in [0.15, 0.2) is 0 Å². The van der Waals surface area contributed by atoms with E-state index in [4.69, 9.17) is 10.5 Å². The second-order valence-corrected chi connectivity index (χ2v) is 5.89. The first-order chi connectivity index (χ1) is 7.41. The lowest BCUT2D eigenvalue weighted by molar-refractivity contribution is -0.0566. The molecule has 0 bridgehead atoms. The molecule has 0 aliphatic carbocycles. The monoisotopic (exact) mass is 229 g/mol. The Labute approximate surface area is 102 Å². The first kappa shape index (κ1) is 15.9. The van der Waals surface area contributed by atoms with Gasteiger partial charge in [-0.25, -0.2) is 0 Å². The van der Waals surface area contributed by atoms with Gasteiger partial charge in [-0.3, -0.25) is 0 Å². The first-order valence-electron chi connectivity index (χ1n) is 6.77. The lowest BCUT2D eigenvalue weighted by atomic mass is 9.89. The maximum absolute atomic E-state index is 6.02. The first-order valence-corrected chi connectivity index (χ1v) is 6.77. The zero-order valence-corrected chi connectivity index (χ0v) is 11.9. The van der Waals surface area contributed by atoms with E-state index < -0.39 is 0 Å². The predicted octanol–water partition coefficient (Wildman–Crippen LogP) is 3.74. The number of hydrogen-bond acceptors (Lipinski definition) is 2. The van der Waals surface area contributed by atoms with Crippen molar-refractivity contribution in [3.63, 3.8) is 0 Å². The molecule has 0 saturated heterocycles. The van der Waals surface area contributed by atoms with Crippen molar-refractivity contribution >= 4 is 0 Å². The van der Waals surface area contributed by atoms with Crippen molar-refractivity contribution in [2.24, 2.45) is 11.1 Å². The topological polar surface area (TPSA) is 35.2 Å². The van der Waals surface area contributed by atoms with Crippen LogP contribution in [0.1, 0.15) is 66.7 Å². The molecule has 0 fully saturated rings. The molecule has 2 atom stereocenters. The summed E-state index contributed by atoms with van der Waals surface area (Å²) in [6.07, 6.45) is 6.91. The van der Waals surface area contributed by atoms with Crippen molar-refractivity contribution < 1.29 is 4.74 Å². The largest absolute Gasteiger partial charge is 0.373 e. The van der Waals surface area contributed by atoms with Gasteiger partial charge in [-0.1, -0.05) is 53.4 Å². The molecule has 0 rings (SSSR count). The third kappa shape index (κ3) is 7.24. The van der Waals surface area contributed by atoms with Gasteiger partial charge in [-0.05, 0) is 18.8 Å². The van der Waals surface area contributed by atoms with Gasteiger partial charge >= 0.3 is 0 Å². The normalized spacial score (nSPS) is 16.1. The van der Waals surface area contributed by atoms with Crippen LogP contribution in [0.4, 0.5) is 0 Å². The van der Waals surface area contributed by atoms with Crippen molar-refractivity contribution in [1.82, 2.24) is 0 Å². The molecule has 0 aliphatic rings. The van der Waals surface area contributed by atoms with E-state index in [2.05, 4.69) is 34.6 Å². The molecule has 0 amide bonds. The van der Waals surface area contributed by atoms with Gasteiger partial charge in [0.2, 0.25) is 0 Å². The van der Waals surface area contributed by atoms with Crippen LogP contribution in [-0.4, -0.2) is 18.8 Å². The highest BCUT2D eigenvalue weighted by molar-refractivity contribution is 4.76. The van der Waals surface area contributed by atoms with Crippen LogP contribution in [0.2, 0.25) is 0 Å². The Morgan fingerprint density at radius 2 is 1.75 bits per heavy atom. The highest BCUT2D eigenvalue weighted by atomic mass is 16.5. The Balaban J connectivity index is 3.79. The molecule has 2 heteroatoms. The van der Waals surface area contributed by atoms with E-state index in [0.29, 0.717) is 12.6 Å². The lowest BCUT2D eigenvalue weighted by Gasteiger charge is -2.32. The van der Waals surface area contributed by atoms with Crippen LogP contribution in [0.3, 0.4) is 0 Å². The summed E-state index contributed by atoms with van der Waals surface area (Å²) in [5, 5.41) is 0. The standard InChI is InChI=1S/C14H31NO/c1-6-7-8-9-10-12(2)16-13(11-15)14(3,4)5/h12-13H,6-11,15H2,1-5H3. The summed E-state index contributed by atoms with van der Waals surface area (Å²) in [5.41, 5.74) is 5.90. The SMILES string of the molecule is CCCCCCC(C)OC(CN)C(C)(C)C. The Bertz CT molecular complexity index is 163. The van der Waals surface area contributed by atoms with E-state index >= 15 is 0 Å². The van der Waals surface area contributed by atoms with Gasteiger partial charge in [0.05, 0.1) is 12.2 Å². The molecule has 16 heavy (non-hydrogen) atoms. The summed E-state index contributed by atoms with van der Waals surface area (Å²) in [4.78, 5) is 0. The van der Waals surface area contributed by atoms with E-state index in [0.717, 1.165) is 6.42 Å². The predicted molar refractivity (Wildman–Crippen MR) is 71.6 cm³/mol. The molecular weight excluding hydrogens is 198 g/mol. The fourth-order valence-electron chi connectivity index (χ4n) is 1.82. The highest BCUT2D eigenvalue weighted by Crippen LogP contribution is 2.23. The van der Waals surface area contributed by atoms with Crippen LogP contribution in [0, 0.1) is 5.41 Å². The Morgan fingerprint density at radius 3 is 2.19 bits per heavy atom. The number of nitrogens with two attached hydrogens (primary N) is 1. The second kappa shape index (κ2) is 8.08. The van der Waals surface area contributed by atoms with E-state index in [1.165, 1.54) is 25.7 Å². The van der Waals surface area contributed by atoms with Crippen LogP contribution in [0.5, 0.6) is 0 Å². The molecule has 0 radical (unpaired) electrons. The van der Waals surface area contributed by atoms with Crippen LogP contribution < -0.4 is 5.73 Å². The minimum Gasteiger partial charge on any atom is -0.373 e. The summed E-state index contributed by atoms with van der Waals surface area (Å²) in [6, 6.07) is 0. The highest BCUT2D eigenvalue weighted by Gasteiger charge is 2.25. The summed E-state index contributed by atoms with van der Waals surface area (Å²) in [6.45, 7) is 11.6. The molecule has 0 spiro atoms. The number of ether oxygens (including phenoxy) is 1. The smallest absolute Gasteiger partial charge is 0.0749 e. The molecule has 2 nitrogen and oxygen atoms in total. The second-order valence-electron chi connectivity index (χ2n) is 5.89. The molecule has 0 aromatic rings. The third-order valence-electron chi connectivity index (χ3n) is 3.04. The minimum atomic E-state index is 0.145. The summed E-state index contributed by atoms with van der Waals surface area (Å²) >= 11 is 0. The van der Waals surface area contributed by atoms with Crippen molar-refractivity contribution in [1.29, 1.82) is 0 Å². The molecule has 2 N–H and O–H groups in total. The van der Waals surface area contributed by atoms with Crippen LogP contribution in [0.15, 0.2) is 0 Å². The minimum absolute atomic E-state index is 0.145. The van der Waals surface area contributed by atoms with E-state index in [9.17, 15) is 0 Å². The Hall–Kier alpha value is -0.0800. The van der Waals surface area contributed by atoms with Crippen molar-refractivity contribution in [2.75, 3.05) is 6.54 Å². The van der Waals surface area contributed by atoms with E-state index in [-0.39, 0.29) is 11.5 Å². The average Bonchev–Trinajstić information content (AvgIpc) is 2.19. The number of hydrogen-bond donors (Lipinski definition) is 1. The molecule has 0 saturated carbocycles. The van der Waals surface area contributed by atoms with Crippen LogP contribution >= 0.6 is 0 Å². The summed E-state index contributed by atoms with van der Waals surface area (Å²) in [7, 11) is 0. The summed E-state index contributed by atoms with van der Waals surface area (Å²) in [5.74, 6) is 0.